The Morgan fingerprint density at radius 3 is 2.88 bits per heavy atom. The van der Waals surface area contributed by atoms with Crippen molar-refractivity contribution in [1.82, 2.24) is 19.7 Å². The first kappa shape index (κ1) is 15.5. The van der Waals surface area contributed by atoms with Crippen molar-refractivity contribution in [2.24, 2.45) is 0 Å². The summed E-state index contributed by atoms with van der Waals surface area (Å²) in [7, 11) is 0. The van der Waals surface area contributed by atoms with Crippen molar-refractivity contribution in [1.29, 1.82) is 0 Å². The average Bonchev–Trinajstić information content (AvgIpc) is 3.27. The zero-order chi connectivity index (χ0) is 16.4. The first-order valence-corrected chi connectivity index (χ1v) is 9.08. The molecule has 1 aromatic carbocycles. The summed E-state index contributed by atoms with van der Waals surface area (Å²) < 4.78 is 8.03. The quantitative estimate of drug-likeness (QED) is 0.731. The molecule has 0 saturated carbocycles. The number of hydrogen-bond donors (Lipinski definition) is 0. The van der Waals surface area contributed by atoms with Crippen molar-refractivity contribution in [3.05, 3.63) is 64.9 Å². The molecule has 0 aliphatic carbocycles. The standard InChI is InChI=1S/C18H20N4OS/c1-14-9-21(10-17(23-14)15-7-8-24-12-15)11-18-19-13-20-22(18)16-5-3-2-4-6-16/h2-8,12-14,17H,9-11H2,1H3. The molecule has 4 rings (SSSR count). The summed E-state index contributed by atoms with van der Waals surface area (Å²) in [6.45, 7) is 4.68. The van der Waals surface area contributed by atoms with Crippen molar-refractivity contribution >= 4 is 11.3 Å². The van der Waals surface area contributed by atoms with Gasteiger partial charge in [-0.25, -0.2) is 9.67 Å². The second kappa shape index (κ2) is 6.84. The van der Waals surface area contributed by atoms with E-state index in [4.69, 9.17) is 4.74 Å². The summed E-state index contributed by atoms with van der Waals surface area (Å²) in [6.07, 6.45) is 1.97. The van der Waals surface area contributed by atoms with Gasteiger partial charge in [0.05, 0.1) is 24.4 Å². The van der Waals surface area contributed by atoms with E-state index >= 15 is 0 Å². The number of hydrogen-bond acceptors (Lipinski definition) is 5. The number of aromatic nitrogens is 3. The van der Waals surface area contributed by atoms with Gasteiger partial charge in [0.15, 0.2) is 0 Å². The van der Waals surface area contributed by atoms with Gasteiger partial charge in [0.25, 0.3) is 0 Å². The molecule has 0 amide bonds. The molecule has 3 aromatic rings. The van der Waals surface area contributed by atoms with Crippen molar-refractivity contribution in [2.45, 2.75) is 25.7 Å². The fourth-order valence-corrected chi connectivity index (χ4v) is 3.87. The molecule has 0 N–H and O–H groups in total. The second-order valence-electron chi connectivity index (χ2n) is 6.11. The predicted octanol–water partition coefficient (Wildman–Crippen LogP) is 3.29. The van der Waals surface area contributed by atoms with Crippen LogP contribution < -0.4 is 0 Å². The lowest BCUT2D eigenvalue weighted by Crippen LogP contribution is -2.42. The van der Waals surface area contributed by atoms with Crippen molar-refractivity contribution in [3.63, 3.8) is 0 Å². The summed E-state index contributed by atoms with van der Waals surface area (Å²) >= 11 is 1.72. The van der Waals surface area contributed by atoms with Gasteiger partial charge >= 0.3 is 0 Å². The molecule has 1 fully saturated rings. The molecule has 0 spiro atoms. The van der Waals surface area contributed by atoms with E-state index in [1.165, 1.54) is 5.56 Å². The van der Waals surface area contributed by atoms with Crippen LogP contribution in [0.2, 0.25) is 0 Å². The fraction of sp³-hybridized carbons (Fsp3) is 0.333. The normalized spacial score (nSPS) is 21.9. The molecular formula is C18H20N4OS. The lowest BCUT2D eigenvalue weighted by Gasteiger charge is -2.36. The van der Waals surface area contributed by atoms with E-state index in [9.17, 15) is 0 Å². The highest BCUT2D eigenvalue weighted by Gasteiger charge is 2.27. The van der Waals surface area contributed by atoms with Crippen molar-refractivity contribution < 1.29 is 4.74 Å². The molecule has 2 aromatic heterocycles. The molecule has 124 valence electrons. The average molecular weight is 340 g/mol. The van der Waals surface area contributed by atoms with Crippen LogP contribution in [0.1, 0.15) is 24.4 Å². The SMILES string of the molecule is CC1CN(Cc2ncnn2-c2ccccc2)CC(c2ccsc2)O1. The van der Waals surface area contributed by atoms with E-state index in [0.717, 1.165) is 31.1 Å². The third-order valence-corrected chi connectivity index (χ3v) is 4.94. The van der Waals surface area contributed by atoms with Gasteiger partial charge in [-0.05, 0) is 41.4 Å². The number of thiophene rings is 1. The van der Waals surface area contributed by atoms with Gasteiger partial charge in [-0.1, -0.05) is 18.2 Å². The highest BCUT2D eigenvalue weighted by Crippen LogP contribution is 2.27. The van der Waals surface area contributed by atoms with Crippen LogP contribution in [-0.4, -0.2) is 38.9 Å². The van der Waals surface area contributed by atoms with Gasteiger partial charge in [-0.2, -0.15) is 16.4 Å². The van der Waals surface area contributed by atoms with Gasteiger partial charge < -0.3 is 4.74 Å². The zero-order valence-corrected chi connectivity index (χ0v) is 14.4. The van der Waals surface area contributed by atoms with E-state index < -0.39 is 0 Å². The molecule has 1 saturated heterocycles. The molecular weight excluding hydrogens is 320 g/mol. The minimum absolute atomic E-state index is 0.132. The number of benzene rings is 1. The van der Waals surface area contributed by atoms with Crippen LogP contribution in [0.3, 0.4) is 0 Å². The largest absolute Gasteiger partial charge is 0.368 e. The number of para-hydroxylation sites is 1. The first-order chi connectivity index (χ1) is 11.8. The maximum atomic E-state index is 6.12. The Hall–Kier alpha value is -2.02. The van der Waals surface area contributed by atoms with Gasteiger partial charge in [-0.3, -0.25) is 4.90 Å². The molecule has 0 bridgehead atoms. The second-order valence-corrected chi connectivity index (χ2v) is 6.89. The lowest BCUT2D eigenvalue weighted by atomic mass is 10.1. The molecule has 5 nitrogen and oxygen atoms in total. The van der Waals surface area contributed by atoms with Crippen LogP contribution in [0, 0.1) is 0 Å². The summed E-state index contributed by atoms with van der Waals surface area (Å²) in [5.41, 5.74) is 2.31. The van der Waals surface area contributed by atoms with Crippen molar-refractivity contribution in [2.75, 3.05) is 13.1 Å². The molecule has 1 aliphatic rings. The van der Waals surface area contributed by atoms with E-state index in [1.807, 2.05) is 35.0 Å². The lowest BCUT2D eigenvalue weighted by molar-refractivity contribution is -0.0819. The molecule has 6 heteroatoms. The molecule has 2 atom stereocenters. The molecule has 24 heavy (non-hydrogen) atoms. The van der Waals surface area contributed by atoms with E-state index in [0.29, 0.717) is 0 Å². The van der Waals surface area contributed by atoms with E-state index in [1.54, 1.807) is 17.7 Å². The minimum Gasteiger partial charge on any atom is -0.368 e. The number of morpholine rings is 1. The maximum Gasteiger partial charge on any atom is 0.146 e. The van der Waals surface area contributed by atoms with Gasteiger partial charge in [0, 0.05) is 13.1 Å². The van der Waals surface area contributed by atoms with Crippen LogP contribution in [-0.2, 0) is 11.3 Å². The Kier molecular flexibility index (Phi) is 4.42. The van der Waals surface area contributed by atoms with E-state index in [-0.39, 0.29) is 12.2 Å². The number of ether oxygens (including phenoxy) is 1. The molecule has 1 aliphatic heterocycles. The highest BCUT2D eigenvalue weighted by atomic mass is 32.1. The minimum atomic E-state index is 0.132. The predicted molar refractivity (Wildman–Crippen MR) is 94.2 cm³/mol. The van der Waals surface area contributed by atoms with Crippen LogP contribution in [0.5, 0.6) is 0 Å². The van der Waals surface area contributed by atoms with Crippen LogP contribution in [0.25, 0.3) is 5.69 Å². The molecule has 0 radical (unpaired) electrons. The Morgan fingerprint density at radius 2 is 2.08 bits per heavy atom. The number of rotatable bonds is 4. The van der Waals surface area contributed by atoms with Crippen LogP contribution in [0.4, 0.5) is 0 Å². The Balaban J connectivity index is 1.52. The zero-order valence-electron chi connectivity index (χ0n) is 13.6. The number of nitrogens with zero attached hydrogens (tertiary/aromatic N) is 4. The smallest absolute Gasteiger partial charge is 0.146 e. The first-order valence-electron chi connectivity index (χ1n) is 8.14. The molecule has 2 unspecified atom stereocenters. The fourth-order valence-electron chi connectivity index (χ4n) is 3.17. The Labute approximate surface area is 145 Å². The van der Waals surface area contributed by atoms with Gasteiger partial charge in [0.1, 0.15) is 12.2 Å². The monoisotopic (exact) mass is 340 g/mol. The Bertz CT molecular complexity index is 771. The van der Waals surface area contributed by atoms with Crippen LogP contribution >= 0.6 is 11.3 Å². The van der Waals surface area contributed by atoms with E-state index in [2.05, 4.69) is 38.7 Å². The summed E-state index contributed by atoms with van der Waals surface area (Å²) in [5, 5.41) is 8.67. The Morgan fingerprint density at radius 1 is 1.21 bits per heavy atom. The third-order valence-electron chi connectivity index (χ3n) is 4.24. The maximum absolute atomic E-state index is 6.12. The summed E-state index contributed by atoms with van der Waals surface area (Å²) in [5.74, 6) is 0.958. The van der Waals surface area contributed by atoms with Gasteiger partial charge in [-0.15, -0.1) is 0 Å². The summed E-state index contributed by atoms with van der Waals surface area (Å²) in [4.78, 5) is 6.87. The van der Waals surface area contributed by atoms with Crippen molar-refractivity contribution in [3.8, 4) is 5.69 Å². The highest BCUT2D eigenvalue weighted by molar-refractivity contribution is 7.07. The summed E-state index contributed by atoms with van der Waals surface area (Å²) in [6, 6.07) is 12.3. The topological polar surface area (TPSA) is 43.2 Å². The van der Waals surface area contributed by atoms with Crippen LogP contribution in [0.15, 0.2) is 53.5 Å². The van der Waals surface area contributed by atoms with Gasteiger partial charge in [0.2, 0.25) is 0 Å². The molecule has 3 heterocycles. The third kappa shape index (κ3) is 3.26.